The van der Waals surface area contributed by atoms with Crippen LogP contribution in [0.2, 0.25) is 0 Å². The first-order chi connectivity index (χ1) is 13.6. The van der Waals surface area contributed by atoms with Crippen LogP contribution in [0.25, 0.3) is 16.8 Å². The maximum atomic E-state index is 12.5. The van der Waals surface area contributed by atoms with Crippen molar-refractivity contribution in [1.82, 2.24) is 14.7 Å². The van der Waals surface area contributed by atoms with Gasteiger partial charge in [0, 0.05) is 18.3 Å². The maximum Gasteiger partial charge on any atom is 0.229 e. The van der Waals surface area contributed by atoms with Crippen LogP contribution in [0.4, 0.5) is 5.69 Å². The Labute approximate surface area is 167 Å². The van der Waals surface area contributed by atoms with Crippen LogP contribution in [0.5, 0.6) is 0 Å². The van der Waals surface area contributed by atoms with Crippen LogP contribution >= 0.6 is 11.5 Å². The van der Waals surface area contributed by atoms with Gasteiger partial charge in [0.25, 0.3) is 0 Å². The van der Waals surface area contributed by atoms with Gasteiger partial charge < -0.3 is 5.32 Å². The van der Waals surface area contributed by atoms with Crippen LogP contribution < -0.4 is 5.32 Å². The van der Waals surface area contributed by atoms with E-state index in [4.69, 9.17) is 4.84 Å². The van der Waals surface area contributed by atoms with Crippen molar-refractivity contribution >= 4 is 28.8 Å². The number of carbonyl (C=O) groups excluding carboxylic acids is 1. The highest BCUT2D eigenvalue weighted by atomic mass is 32.1. The average Bonchev–Trinajstić information content (AvgIpc) is 3.30. The summed E-state index contributed by atoms with van der Waals surface area (Å²) in [6.07, 6.45) is 2.31. The summed E-state index contributed by atoms with van der Waals surface area (Å²) in [6.45, 7) is 2.40. The molecule has 6 nitrogen and oxygen atoms in total. The molecular weight excluding hydrogens is 372 g/mol. The fraction of sp³-hybridized carbons (Fsp3) is 0.190. The molecular formula is C21H20N4O2S. The summed E-state index contributed by atoms with van der Waals surface area (Å²) in [5.41, 5.74) is 5.75. The standard InChI is InChI=1S/C21H20N4O2S/c1-14-20(28-24-23-14)13-21(26)22-16-8-9-17(15-6-4-3-5-7-15)18(12-16)19-10-11-27-25(19)2/h3-10,12H,11,13H2,1-2H3,(H,22,26). The average molecular weight is 392 g/mol. The number of rotatable bonds is 5. The lowest BCUT2D eigenvalue weighted by Crippen LogP contribution is -2.15. The Balaban J connectivity index is 1.64. The van der Waals surface area contributed by atoms with E-state index in [1.54, 1.807) is 5.06 Å². The van der Waals surface area contributed by atoms with E-state index >= 15 is 0 Å². The molecule has 28 heavy (non-hydrogen) atoms. The number of amides is 1. The van der Waals surface area contributed by atoms with Gasteiger partial charge >= 0.3 is 0 Å². The molecule has 1 aliphatic rings. The van der Waals surface area contributed by atoms with Crippen LogP contribution in [0.1, 0.15) is 16.1 Å². The van der Waals surface area contributed by atoms with Crippen LogP contribution in [-0.4, -0.2) is 34.2 Å². The molecule has 4 rings (SSSR count). The van der Waals surface area contributed by atoms with Gasteiger partial charge in [-0.15, -0.1) is 5.10 Å². The van der Waals surface area contributed by atoms with Gasteiger partial charge in [-0.25, -0.2) is 0 Å². The van der Waals surface area contributed by atoms with E-state index in [2.05, 4.69) is 27.0 Å². The topological polar surface area (TPSA) is 67.3 Å². The lowest BCUT2D eigenvalue weighted by Gasteiger charge is -2.19. The van der Waals surface area contributed by atoms with E-state index in [1.807, 2.05) is 56.4 Å². The van der Waals surface area contributed by atoms with Crippen molar-refractivity contribution in [1.29, 1.82) is 0 Å². The minimum Gasteiger partial charge on any atom is -0.326 e. The van der Waals surface area contributed by atoms with Gasteiger partial charge in [-0.2, -0.15) is 0 Å². The molecule has 1 N–H and O–H groups in total. The smallest absolute Gasteiger partial charge is 0.229 e. The second-order valence-corrected chi connectivity index (χ2v) is 7.35. The normalized spacial score (nSPS) is 13.5. The Hall–Kier alpha value is -3.03. The highest BCUT2D eigenvalue weighted by molar-refractivity contribution is 7.05. The summed E-state index contributed by atoms with van der Waals surface area (Å²) in [6, 6.07) is 16.1. The number of nitrogens with zero attached hydrogens (tertiary/aromatic N) is 3. The first-order valence-corrected chi connectivity index (χ1v) is 9.73. The maximum absolute atomic E-state index is 12.5. The molecule has 0 unspecified atom stereocenters. The number of aryl methyl sites for hydroxylation is 1. The van der Waals surface area contributed by atoms with Gasteiger partial charge in [-0.3, -0.25) is 14.7 Å². The van der Waals surface area contributed by atoms with E-state index in [1.165, 1.54) is 11.5 Å². The Kier molecular flexibility index (Phi) is 5.18. The summed E-state index contributed by atoms with van der Waals surface area (Å²) in [4.78, 5) is 18.9. The number of hydroxylamine groups is 2. The predicted molar refractivity (Wildman–Crippen MR) is 111 cm³/mol. The number of hydrogen-bond donors (Lipinski definition) is 1. The molecule has 1 amide bonds. The molecule has 0 saturated carbocycles. The van der Waals surface area contributed by atoms with Crippen LogP contribution in [0.3, 0.4) is 0 Å². The van der Waals surface area contributed by atoms with Gasteiger partial charge in [-0.1, -0.05) is 40.9 Å². The third kappa shape index (κ3) is 3.81. The Morgan fingerprint density at radius 1 is 1.21 bits per heavy atom. The summed E-state index contributed by atoms with van der Waals surface area (Å²) in [5.74, 6) is -0.0856. The highest BCUT2D eigenvalue weighted by Crippen LogP contribution is 2.34. The monoisotopic (exact) mass is 392 g/mol. The minimum atomic E-state index is -0.0856. The van der Waals surface area contributed by atoms with Crippen molar-refractivity contribution in [3.8, 4) is 11.1 Å². The molecule has 2 aromatic carbocycles. The molecule has 1 aliphatic heterocycles. The lowest BCUT2D eigenvalue weighted by atomic mass is 9.96. The number of nitrogens with one attached hydrogen (secondary N) is 1. The van der Waals surface area contributed by atoms with Crippen LogP contribution in [0.15, 0.2) is 54.6 Å². The van der Waals surface area contributed by atoms with Crippen molar-refractivity contribution < 1.29 is 9.63 Å². The molecule has 142 valence electrons. The molecule has 1 aromatic heterocycles. The lowest BCUT2D eigenvalue weighted by molar-refractivity contribution is -0.115. The largest absolute Gasteiger partial charge is 0.326 e. The molecule has 0 saturated heterocycles. The number of aromatic nitrogens is 2. The molecule has 0 fully saturated rings. The van der Waals surface area contributed by atoms with Gasteiger partial charge in [0.05, 0.1) is 29.3 Å². The fourth-order valence-electron chi connectivity index (χ4n) is 3.17. The molecule has 3 aromatic rings. The van der Waals surface area contributed by atoms with Crippen molar-refractivity contribution in [3.63, 3.8) is 0 Å². The van der Waals surface area contributed by atoms with Crippen LogP contribution in [0, 0.1) is 6.92 Å². The van der Waals surface area contributed by atoms with Crippen LogP contribution in [-0.2, 0) is 16.1 Å². The van der Waals surface area contributed by atoms with Gasteiger partial charge in [0.2, 0.25) is 5.91 Å². The van der Waals surface area contributed by atoms with Crippen molar-refractivity contribution in [3.05, 3.63) is 70.7 Å². The molecule has 0 atom stereocenters. The number of benzene rings is 2. The summed E-state index contributed by atoms with van der Waals surface area (Å²) >= 11 is 1.26. The van der Waals surface area contributed by atoms with Gasteiger partial charge in [0.1, 0.15) is 0 Å². The SMILES string of the molecule is Cc1nnsc1CC(=O)Nc1ccc(-c2ccccc2)c(C2=CCON2C)c1. The second kappa shape index (κ2) is 7.92. The molecule has 0 aliphatic carbocycles. The summed E-state index contributed by atoms with van der Waals surface area (Å²) in [7, 11) is 1.89. The van der Waals surface area contributed by atoms with E-state index in [0.717, 1.165) is 38.6 Å². The first kappa shape index (κ1) is 18.3. The number of carbonyl (C=O) groups is 1. The third-order valence-corrected chi connectivity index (χ3v) is 5.44. The predicted octanol–water partition coefficient (Wildman–Crippen LogP) is 3.91. The van der Waals surface area contributed by atoms with Crippen molar-refractivity contribution in [2.75, 3.05) is 19.0 Å². The Morgan fingerprint density at radius 3 is 2.71 bits per heavy atom. The van der Waals surface area contributed by atoms with Gasteiger partial charge in [0.15, 0.2) is 0 Å². The molecule has 0 radical (unpaired) electrons. The second-order valence-electron chi connectivity index (χ2n) is 6.52. The van der Waals surface area contributed by atoms with E-state index in [0.29, 0.717) is 6.61 Å². The number of anilines is 1. The van der Waals surface area contributed by atoms with E-state index in [-0.39, 0.29) is 12.3 Å². The highest BCUT2D eigenvalue weighted by Gasteiger charge is 2.19. The zero-order chi connectivity index (χ0) is 19.5. The molecule has 2 heterocycles. The zero-order valence-corrected chi connectivity index (χ0v) is 16.5. The quantitative estimate of drug-likeness (QED) is 0.713. The molecule has 7 heteroatoms. The first-order valence-electron chi connectivity index (χ1n) is 8.96. The zero-order valence-electron chi connectivity index (χ0n) is 15.7. The van der Waals surface area contributed by atoms with Crippen molar-refractivity contribution in [2.45, 2.75) is 13.3 Å². The van der Waals surface area contributed by atoms with E-state index < -0.39 is 0 Å². The molecule has 0 spiro atoms. The minimum absolute atomic E-state index is 0.0856. The third-order valence-electron chi connectivity index (χ3n) is 4.61. The Morgan fingerprint density at radius 2 is 2.04 bits per heavy atom. The van der Waals surface area contributed by atoms with Crippen molar-refractivity contribution in [2.24, 2.45) is 0 Å². The molecule has 0 bridgehead atoms. The van der Waals surface area contributed by atoms with E-state index in [9.17, 15) is 4.79 Å². The van der Waals surface area contributed by atoms with Gasteiger partial charge in [-0.05, 0) is 47.8 Å². The number of hydrogen-bond acceptors (Lipinski definition) is 6. The summed E-state index contributed by atoms with van der Waals surface area (Å²) < 4.78 is 3.89. The summed E-state index contributed by atoms with van der Waals surface area (Å²) in [5, 5.41) is 8.71. The Bertz CT molecular complexity index is 1030. The fourth-order valence-corrected chi connectivity index (χ4v) is 3.80.